The van der Waals surface area contributed by atoms with E-state index in [2.05, 4.69) is 32.6 Å². The third-order valence-corrected chi connectivity index (χ3v) is 4.27. The predicted molar refractivity (Wildman–Crippen MR) is 89.2 cm³/mol. The lowest BCUT2D eigenvalue weighted by atomic mass is 9.98. The van der Waals surface area contributed by atoms with E-state index < -0.39 is 0 Å². The van der Waals surface area contributed by atoms with Gasteiger partial charge in [-0.15, -0.1) is 0 Å². The third-order valence-electron chi connectivity index (χ3n) is 3.81. The molecule has 0 amide bonds. The Hall–Kier alpha value is -0.780. The van der Waals surface area contributed by atoms with Gasteiger partial charge in [0, 0.05) is 16.6 Å². The van der Waals surface area contributed by atoms with Crippen LogP contribution >= 0.6 is 15.9 Å². The van der Waals surface area contributed by atoms with E-state index in [9.17, 15) is 0 Å². The summed E-state index contributed by atoms with van der Waals surface area (Å²) in [6.45, 7) is 6.77. The second-order valence-corrected chi connectivity index (χ2v) is 6.27. The van der Waals surface area contributed by atoms with Crippen LogP contribution in [-0.4, -0.2) is 33.4 Å². The molecular formula is C16H25BrN2O2. The molecule has 2 N–H and O–H groups in total. The van der Waals surface area contributed by atoms with Crippen molar-refractivity contribution >= 4 is 15.9 Å². The van der Waals surface area contributed by atoms with E-state index in [0.29, 0.717) is 6.61 Å². The molecule has 0 aliphatic carbocycles. The topological polar surface area (TPSA) is 42.5 Å². The minimum absolute atomic E-state index is 0.638. The monoisotopic (exact) mass is 356 g/mol. The number of benzene rings is 1. The van der Waals surface area contributed by atoms with Crippen molar-refractivity contribution in [2.75, 3.05) is 33.4 Å². The SMILES string of the molecule is CCOc1c(CNCC2CCNCC2)cc(Br)cc1OC. The zero-order valence-electron chi connectivity index (χ0n) is 12.9. The number of ether oxygens (including phenoxy) is 2. The first-order chi connectivity index (χ1) is 10.2. The highest BCUT2D eigenvalue weighted by Crippen LogP contribution is 2.34. The molecule has 1 aromatic carbocycles. The Bertz CT molecular complexity index is 448. The van der Waals surface area contributed by atoms with Crippen molar-refractivity contribution in [3.63, 3.8) is 0 Å². The third kappa shape index (κ3) is 4.87. The van der Waals surface area contributed by atoms with Crippen molar-refractivity contribution in [3.8, 4) is 11.5 Å². The summed E-state index contributed by atoms with van der Waals surface area (Å²) in [6, 6.07) is 4.05. The molecule has 0 atom stereocenters. The van der Waals surface area contributed by atoms with Crippen LogP contribution in [0, 0.1) is 5.92 Å². The van der Waals surface area contributed by atoms with E-state index in [4.69, 9.17) is 9.47 Å². The predicted octanol–water partition coefficient (Wildman–Crippen LogP) is 2.95. The maximum atomic E-state index is 5.76. The van der Waals surface area contributed by atoms with Crippen LogP contribution < -0.4 is 20.1 Å². The molecule has 2 rings (SSSR count). The Balaban J connectivity index is 1.98. The molecule has 1 fully saturated rings. The van der Waals surface area contributed by atoms with Gasteiger partial charge >= 0.3 is 0 Å². The molecule has 1 aliphatic heterocycles. The van der Waals surface area contributed by atoms with Gasteiger partial charge in [0.15, 0.2) is 11.5 Å². The molecule has 0 aromatic heterocycles. The van der Waals surface area contributed by atoms with E-state index in [1.54, 1.807) is 7.11 Å². The van der Waals surface area contributed by atoms with Crippen molar-refractivity contribution < 1.29 is 9.47 Å². The fourth-order valence-electron chi connectivity index (χ4n) is 2.71. The molecule has 1 aromatic rings. The van der Waals surface area contributed by atoms with Gasteiger partial charge in [-0.2, -0.15) is 0 Å². The molecule has 0 spiro atoms. The Morgan fingerprint density at radius 1 is 1.33 bits per heavy atom. The molecule has 118 valence electrons. The van der Waals surface area contributed by atoms with Gasteiger partial charge in [-0.3, -0.25) is 0 Å². The van der Waals surface area contributed by atoms with Crippen LogP contribution in [0.1, 0.15) is 25.3 Å². The number of piperidine rings is 1. The van der Waals surface area contributed by atoms with Crippen molar-refractivity contribution in [1.82, 2.24) is 10.6 Å². The number of hydrogen-bond acceptors (Lipinski definition) is 4. The van der Waals surface area contributed by atoms with Crippen LogP contribution in [0.15, 0.2) is 16.6 Å². The fraction of sp³-hybridized carbons (Fsp3) is 0.625. The molecule has 1 heterocycles. The smallest absolute Gasteiger partial charge is 0.165 e. The van der Waals surface area contributed by atoms with Crippen LogP contribution in [0.3, 0.4) is 0 Å². The van der Waals surface area contributed by atoms with Gasteiger partial charge in [0.1, 0.15) is 0 Å². The zero-order valence-corrected chi connectivity index (χ0v) is 14.5. The molecule has 0 unspecified atom stereocenters. The Morgan fingerprint density at radius 3 is 2.76 bits per heavy atom. The number of rotatable bonds is 7. The van der Waals surface area contributed by atoms with Crippen LogP contribution in [0.4, 0.5) is 0 Å². The highest BCUT2D eigenvalue weighted by Gasteiger charge is 2.15. The highest BCUT2D eigenvalue weighted by atomic mass is 79.9. The minimum atomic E-state index is 0.638. The maximum Gasteiger partial charge on any atom is 0.165 e. The van der Waals surface area contributed by atoms with Gasteiger partial charge in [-0.25, -0.2) is 0 Å². The molecule has 1 aliphatic rings. The summed E-state index contributed by atoms with van der Waals surface area (Å²) in [5, 5.41) is 6.97. The van der Waals surface area contributed by atoms with Crippen LogP contribution in [0.25, 0.3) is 0 Å². The second kappa shape index (κ2) is 8.61. The van der Waals surface area contributed by atoms with E-state index in [1.807, 2.05) is 13.0 Å². The summed E-state index contributed by atoms with van der Waals surface area (Å²) < 4.78 is 12.2. The number of hydrogen-bond donors (Lipinski definition) is 2. The fourth-order valence-corrected chi connectivity index (χ4v) is 3.19. The van der Waals surface area contributed by atoms with E-state index in [0.717, 1.165) is 53.6 Å². The molecule has 0 saturated carbocycles. The lowest BCUT2D eigenvalue weighted by Crippen LogP contribution is -2.33. The Labute approximate surface area is 135 Å². The summed E-state index contributed by atoms with van der Waals surface area (Å²) in [4.78, 5) is 0. The molecule has 5 heteroatoms. The zero-order chi connectivity index (χ0) is 15.1. The quantitative estimate of drug-likeness (QED) is 0.788. The van der Waals surface area contributed by atoms with E-state index in [-0.39, 0.29) is 0 Å². The summed E-state index contributed by atoms with van der Waals surface area (Å²) in [5.74, 6) is 2.40. The molecular weight excluding hydrogens is 332 g/mol. The average molecular weight is 357 g/mol. The first-order valence-electron chi connectivity index (χ1n) is 7.65. The van der Waals surface area contributed by atoms with Crippen LogP contribution in [-0.2, 0) is 6.54 Å². The maximum absolute atomic E-state index is 5.76. The summed E-state index contributed by atoms with van der Waals surface area (Å²) in [7, 11) is 1.68. The molecule has 1 saturated heterocycles. The van der Waals surface area contributed by atoms with Crippen LogP contribution in [0.5, 0.6) is 11.5 Å². The Kier molecular flexibility index (Phi) is 6.80. The van der Waals surface area contributed by atoms with Crippen LogP contribution in [0.2, 0.25) is 0 Å². The normalized spacial score (nSPS) is 16.0. The van der Waals surface area contributed by atoms with E-state index >= 15 is 0 Å². The summed E-state index contributed by atoms with van der Waals surface area (Å²) in [6.07, 6.45) is 2.51. The molecule has 21 heavy (non-hydrogen) atoms. The summed E-state index contributed by atoms with van der Waals surface area (Å²) in [5.41, 5.74) is 1.14. The minimum Gasteiger partial charge on any atom is -0.493 e. The average Bonchev–Trinajstić information content (AvgIpc) is 2.50. The largest absolute Gasteiger partial charge is 0.493 e. The number of methoxy groups -OCH3 is 1. The van der Waals surface area contributed by atoms with Gasteiger partial charge in [0.2, 0.25) is 0 Å². The van der Waals surface area contributed by atoms with Gasteiger partial charge in [0.25, 0.3) is 0 Å². The van der Waals surface area contributed by atoms with E-state index in [1.165, 1.54) is 12.8 Å². The van der Waals surface area contributed by atoms with Gasteiger partial charge in [-0.1, -0.05) is 15.9 Å². The van der Waals surface area contributed by atoms with Gasteiger partial charge in [0.05, 0.1) is 13.7 Å². The second-order valence-electron chi connectivity index (χ2n) is 5.35. The molecule has 0 radical (unpaired) electrons. The van der Waals surface area contributed by atoms with Crippen molar-refractivity contribution in [3.05, 3.63) is 22.2 Å². The lowest BCUT2D eigenvalue weighted by Gasteiger charge is -2.23. The first-order valence-corrected chi connectivity index (χ1v) is 8.44. The van der Waals surface area contributed by atoms with Crippen molar-refractivity contribution in [2.24, 2.45) is 5.92 Å². The molecule has 0 bridgehead atoms. The number of halogens is 1. The highest BCUT2D eigenvalue weighted by molar-refractivity contribution is 9.10. The Morgan fingerprint density at radius 2 is 2.10 bits per heavy atom. The van der Waals surface area contributed by atoms with Crippen molar-refractivity contribution in [2.45, 2.75) is 26.3 Å². The molecule has 4 nitrogen and oxygen atoms in total. The van der Waals surface area contributed by atoms with Gasteiger partial charge < -0.3 is 20.1 Å². The first kappa shape index (κ1) is 16.6. The number of nitrogens with one attached hydrogen (secondary N) is 2. The lowest BCUT2D eigenvalue weighted by molar-refractivity contribution is 0.305. The van der Waals surface area contributed by atoms with Crippen molar-refractivity contribution in [1.29, 1.82) is 0 Å². The van der Waals surface area contributed by atoms with Gasteiger partial charge in [-0.05, 0) is 57.5 Å². The summed E-state index contributed by atoms with van der Waals surface area (Å²) >= 11 is 3.54. The standard InChI is InChI=1S/C16H25BrN2O2/c1-3-21-16-13(8-14(17)9-15(16)20-2)11-19-10-12-4-6-18-7-5-12/h8-9,12,18-19H,3-7,10-11H2,1-2H3.